The van der Waals surface area contributed by atoms with E-state index in [1.165, 1.54) is 5.56 Å². The molecule has 1 amide bonds. The number of piperidine rings is 1. The number of aryl methyl sites for hydroxylation is 1. The first-order valence-electron chi connectivity index (χ1n) is 13.1. The SMILES string of the molecule is O=C1CCC(C(=O)N2CCC(CCc3ncc(-c4cccc(Nc5cc(CI)ccn5)n4)s3)CC2)CC1. The summed E-state index contributed by atoms with van der Waals surface area (Å²) in [6, 6.07) is 10.0. The normalized spacial score (nSPS) is 17.2. The zero-order valence-corrected chi connectivity index (χ0v) is 23.8. The molecule has 2 fully saturated rings. The number of halogens is 1. The van der Waals surface area contributed by atoms with E-state index < -0.39 is 0 Å². The molecule has 0 aromatic carbocycles. The lowest BCUT2D eigenvalue weighted by atomic mass is 9.86. The molecule has 0 unspecified atom stereocenters. The molecule has 9 heteroatoms. The van der Waals surface area contributed by atoms with Gasteiger partial charge in [-0.3, -0.25) is 9.59 Å². The third-order valence-electron chi connectivity index (χ3n) is 7.38. The summed E-state index contributed by atoms with van der Waals surface area (Å²) >= 11 is 4.06. The van der Waals surface area contributed by atoms with Crippen molar-refractivity contribution in [3.05, 3.63) is 53.3 Å². The number of ketones is 1. The zero-order valence-electron chi connectivity index (χ0n) is 20.9. The number of carbonyl (C=O) groups excluding carboxylic acids is 2. The Balaban J connectivity index is 1.11. The molecule has 194 valence electrons. The van der Waals surface area contributed by atoms with E-state index in [0.717, 1.165) is 83.3 Å². The highest BCUT2D eigenvalue weighted by Gasteiger charge is 2.30. The first kappa shape index (κ1) is 26.2. The van der Waals surface area contributed by atoms with Gasteiger partial charge >= 0.3 is 0 Å². The Morgan fingerprint density at radius 2 is 1.89 bits per heavy atom. The number of aromatic nitrogens is 3. The van der Waals surface area contributed by atoms with E-state index in [9.17, 15) is 9.59 Å². The van der Waals surface area contributed by atoms with E-state index in [1.54, 1.807) is 11.3 Å². The van der Waals surface area contributed by atoms with Crippen LogP contribution in [0.15, 0.2) is 42.7 Å². The highest BCUT2D eigenvalue weighted by atomic mass is 127. The van der Waals surface area contributed by atoms with Crippen LogP contribution in [0.1, 0.15) is 55.5 Å². The molecule has 3 aromatic heterocycles. The van der Waals surface area contributed by atoms with Crippen LogP contribution in [0.4, 0.5) is 11.6 Å². The van der Waals surface area contributed by atoms with Crippen LogP contribution in [0.25, 0.3) is 10.6 Å². The number of likely N-dealkylation sites (tertiary alicyclic amines) is 1. The molecule has 0 spiro atoms. The lowest BCUT2D eigenvalue weighted by Gasteiger charge is -2.35. The maximum absolute atomic E-state index is 12.8. The number of alkyl halides is 1. The topological polar surface area (TPSA) is 88.1 Å². The van der Waals surface area contributed by atoms with Gasteiger partial charge in [-0.25, -0.2) is 15.0 Å². The van der Waals surface area contributed by atoms with Gasteiger partial charge in [0.1, 0.15) is 17.4 Å². The Morgan fingerprint density at radius 1 is 1.08 bits per heavy atom. The standard InChI is InChI=1S/C28H32IN5O2S/c29-17-20-10-13-30-26(16-20)33-25-3-1-2-23(32-25)24-18-31-27(37-24)9-4-19-11-14-34(15-12-19)28(36)21-5-7-22(35)8-6-21/h1-3,10,13,16,18-19,21H,4-9,11-12,14-15,17H2,(H,30,32,33). The minimum Gasteiger partial charge on any atom is -0.342 e. The zero-order chi connectivity index (χ0) is 25.6. The van der Waals surface area contributed by atoms with E-state index in [1.807, 2.05) is 47.6 Å². The molecular formula is C28H32IN5O2S. The monoisotopic (exact) mass is 629 g/mol. The molecule has 0 bridgehead atoms. The van der Waals surface area contributed by atoms with Crippen molar-refractivity contribution in [1.82, 2.24) is 19.9 Å². The van der Waals surface area contributed by atoms with Gasteiger partial charge in [0, 0.05) is 48.7 Å². The number of hydrogen-bond donors (Lipinski definition) is 1. The molecule has 1 N–H and O–H groups in total. The highest BCUT2D eigenvalue weighted by molar-refractivity contribution is 14.1. The summed E-state index contributed by atoms with van der Waals surface area (Å²) in [5.74, 6) is 2.83. The predicted octanol–water partition coefficient (Wildman–Crippen LogP) is 6.21. The molecule has 3 aromatic rings. The second kappa shape index (κ2) is 12.4. The number of pyridine rings is 2. The van der Waals surface area contributed by atoms with Gasteiger partial charge in [-0.2, -0.15) is 0 Å². The number of rotatable bonds is 8. The van der Waals surface area contributed by atoms with Crippen LogP contribution in [0, 0.1) is 11.8 Å². The van der Waals surface area contributed by atoms with Crippen LogP contribution in [0.2, 0.25) is 0 Å². The van der Waals surface area contributed by atoms with E-state index >= 15 is 0 Å². The molecule has 1 aliphatic heterocycles. The molecule has 7 nitrogen and oxygen atoms in total. The van der Waals surface area contributed by atoms with Crippen molar-refractivity contribution in [2.75, 3.05) is 18.4 Å². The molecule has 4 heterocycles. The molecule has 2 aliphatic rings. The van der Waals surface area contributed by atoms with E-state index in [2.05, 4.69) is 37.9 Å². The van der Waals surface area contributed by atoms with Crippen LogP contribution in [0.5, 0.6) is 0 Å². The average molecular weight is 630 g/mol. The summed E-state index contributed by atoms with van der Waals surface area (Å²) in [5, 5.41) is 4.45. The number of Topliss-reactive ketones (excluding diaryl/α,β-unsaturated/α-hetero) is 1. The summed E-state index contributed by atoms with van der Waals surface area (Å²) < 4.78 is 0.937. The molecule has 0 radical (unpaired) electrons. The number of thiazole rings is 1. The second-order valence-electron chi connectivity index (χ2n) is 9.95. The molecule has 1 aliphatic carbocycles. The van der Waals surface area contributed by atoms with Crippen molar-refractivity contribution in [2.24, 2.45) is 11.8 Å². The van der Waals surface area contributed by atoms with Crippen LogP contribution in [-0.4, -0.2) is 44.6 Å². The molecule has 0 atom stereocenters. The Kier molecular flexibility index (Phi) is 8.81. The van der Waals surface area contributed by atoms with Crippen LogP contribution in [0.3, 0.4) is 0 Å². The largest absolute Gasteiger partial charge is 0.342 e. The van der Waals surface area contributed by atoms with Crippen LogP contribution in [-0.2, 0) is 20.4 Å². The second-order valence-corrected chi connectivity index (χ2v) is 11.8. The molecular weight excluding hydrogens is 597 g/mol. The van der Waals surface area contributed by atoms with Gasteiger partial charge in [-0.1, -0.05) is 28.7 Å². The maximum atomic E-state index is 12.8. The Bertz CT molecular complexity index is 1230. The fourth-order valence-electron chi connectivity index (χ4n) is 5.16. The number of nitrogens with one attached hydrogen (secondary N) is 1. The number of hydrogen-bond acceptors (Lipinski definition) is 7. The van der Waals surface area contributed by atoms with Crippen molar-refractivity contribution >= 4 is 57.3 Å². The third-order valence-corrected chi connectivity index (χ3v) is 9.34. The van der Waals surface area contributed by atoms with Gasteiger partial charge in [0.05, 0.1) is 15.6 Å². The van der Waals surface area contributed by atoms with Crippen molar-refractivity contribution in [2.45, 2.75) is 55.8 Å². The number of carbonyl (C=O) groups is 2. The van der Waals surface area contributed by atoms with Gasteiger partial charge in [-0.05, 0) is 74.3 Å². The molecule has 5 rings (SSSR count). The van der Waals surface area contributed by atoms with Crippen molar-refractivity contribution in [3.63, 3.8) is 0 Å². The van der Waals surface area contributed by atoms with E-state index in [0.29, 0.717) is 24.5 Å². The van der Waals surface area contributed by atoms with Gasteiger partial charge in [0.2, 0.25) is 5.91 Å². The summed E-state index contributed by atoms with van der Waals surface area (Å²) in [6.07, 6.45) is 10.5. The van der Waals surface area contributed by atoms with Gasteiger partial charge < -0.3 is 10.2 Å². The summed E-state index contributed by atoms with van der Waals surface area (Å²) in [6.45, 7) is 1.69. The molecule has 1 saturated carbocycles. The maximum Gasteiger partial charge on any atom is 0.225 e. The van der Waals surface area contributed by atoms with Gasteiger partial charge in [0.25, 0.3) is 0 Å². The Morgan fingerprint density at radius 3 is 2.68 bits per heavy atom. The fourth-order valence-corrected chi connectivity index (χ4v) is 6.53. The van der Waals surface area contributed by atoms with E-state index in [4.69, 9.17) is 4.98 Å². The van der Waals surface area contributed by atoms with Crippen molar-refractivity contribution in [1.29, 1.82) is 0 Å². The summed E-state index contributed by atoms with van der Waals surface area (Å²) in [5.41, 5.74) is 2.13. The highest BCUT2D eigenvalue weighted by Crippen LogP contribution is 2.30. The Labute approximate surface area is 235 Å². The summed E-state index contributed by atoms with van der Waals surface area (Å²) in [7, 11) is 0. The lowest BCUT2D eigenvalue weighted by Crippen LogP contribution is -2.42. The molecule has 37 heavy (non-hydrogen) atoms. The number of amides is 1. The van der Waals surface area contributed by atoms with Gasteiger partial charge in [0.15, 0.2) is 0 Å². The van der Waals surface area contributed by atoms with Crippen LogP contribution < -0.4 is 5.32 Å². The van der Waals surface area contributed by atoms with Crippen molar-refractivity contribution < 1.29 is 9.59 Å². The minimum atomic E-state index is 0.0581. The smallest absolute Gasteiger partial charge is 0.225 e. The van der Waals surface area contributed by atoms with E-state index in [-0.39, 0.29) is 11.8 Å². The third kappa shape index (κ3) is 6.93. The quantitative estimate of drug-likeness (QED) is 0.236. The first-order chi connectivity index (χ1) is 18.1. The van der Waals surface area contributed by atoms with Gasteiger partial charge in [-0.15, -0.1) is 11.3 Å². The lowest BCUT2D eigenvalue weighted by molar-refractivity contribution is -0.139. The molecule has 1 saturated heterocycles. The van der Waals surface area contributed by atoms with Crippen LogP contribution >= 0.6 is 33.9 Å². The average Bonchev–Trinajstić information content (AvgIpc) is 3.42. The predicted molar refractivity (Wildman–Crippen MR) is 155 cm³/mol. The fraction of sp³-hybridized carbons (Fsp3) is 0.464. The summed E-state index contributed by atoms with van der Waals surface area (Å²) in [4.78, 5) is 41.3. The minimum absolute atomic E-state index is 0.0581. The first-order valence-corrected chi connectivity index (χ1v) is 15.4. The number of nitrogens with zero attached hydrogens (tertiary/aromatic N) is 4. The van der Waals surface area contributed by atoms with Crippen molar-refractivity contribution in [3.8, 4) is 10.6 Å². The Hall–Kier alpha value is -2.40. The number of anilines is 2.